The summed E-state index contributed by atoms with van der Waals surface area (Å²) in [7, 11) is 0. The number of aliphatic hydroxyl groups excluding tert-OH is 1. The van der Waals surface area contributed by atoms with Crippen LogP contribution in [0.1, 0.15) is 13.8 Å². The largest absolute Gasteiger partial charge is 0.396 e. The topological polar surface area (TPSA) is 57.0 Å². The van der Waals surface area contributed by atoms with E-state index in [1.807, 2.05) is 13.8 Å². The molecule has 0 saturated carbocycles. The van der Waals surface area contributed by atoms with E-state index in [1.165, 1.54) is 0 Å². The first-order chi connectivity index (χ1) is 8.44. The van der Waals surface area contributed by atoms with E-state index in [1.54, 1.807) is 6.07 Å². The van der Waals surface area contributed by atoms with Gasteiger partial charge in [-0.2, -0.15) is 8.73 Å². The van der Waals surface area contributed by atoms with Crippen LogP contribution in [0.5, 0.6) is 0 Å². The van der Waals surface area contributed by atoms with Crippen LogP contribution in [0.4, 0.5) is 17.1 Å². The number of benzene rings is 1. The second-order valence-corrected chi connectivity index (χ2v) is 6.20. The van der Waals surface area contributed by atoms with Crippen molar-refractivity contribution in [3.05, 3.63) is 16.1 Å². The van der Waals surface area contributed by atoms with Gasteiger partial charge in [-0.15, -0.1) is 0 Å². The van der Waals surface area contributed by atoms with Crippen molar-refractivity contribution in [2.75, 3.05) is 18.5 Å². The molecule has 0 bridgehead atoms. The Hall–Kier alpha value is -0.620. The Morgan fingerprint density at radius 2 is 1.94 bits per heavy atom. The Morgan fingerprint density at radius 3 is 2.61 bits per heavy atom. The molecule has 1 aliphatic heterocycles. The molecule has 0 aromatic heterocycles. The number of rotatable bonds is 4. The van der Waals surface area contributed by atoms with Gasteiger partial charge in [0.05, 0.1) is 27.1 Å². The molecule has 0 aliphatic carbocycles. The molecule has 0 saturated heterocycles. The number of halogens is 2. The Bertz CT molecular complexity index is 554. The van der Waals surface area contributed by atoms with Crippen LogP contribution in [0.15, 0.2) is 14.8 Å². The van der Waals surface area contributed by atoms with E-state index in [0.29, 0.717) is 33.7 Å². The van der Waals surface area contributed by atoms with E-state index in [0.717, 1.165) is 11.4 Å². The first kappa shape index (κ1) is 13.8. The maximum atomic E-state index is 9.24. The highest BCUT2D eigenvalue weighted by atomic mass is 35.5. The van der Waals surface area contributed by atoms with Gasteiger partial charge < -0.3 is 10.4 Å². The number of aliphatic hydroxyl groups is 1. The van der Waals surface area contributed by atoms with Gasteiger partial charge in [0.15, 0.2) is 0 Å². The molecule has 0 radical (unpaired) electrons. The zero-order valence-corrected chi connectivity index (χ0v) is 12.3. The molecule has 0 atom stereocenters. The maximum Gasteiger partial charge on any atom is 0.130 e. The van der Waals surface area contributed by atoms with E-state index < -0.39 is 0 Å². The van der Waals surface area contributed by atoms with Crippen molar-refractivity contribution in [3.8, 4) is 0 Å². The molecule has 7 heteroatoms. The summed E-state index contributed by atoms with van der Waals surface area (Å²) in [5.74, 6) is 0. The number of nitrogens with zero attached hydrogens (tertiary/aromatic N) is 2. The lowest BCUT2D eigenvalue weighted by Crippen LogP contribution is -2.26. The highest BCUT2D eigenvalue weighted by molar-refractivity contribution is 7.58. The molecule has 1 heterocycles. The molecular formula is C11H13Cl2N3OS. The van der Waals surface area contributed by atoms with Crippen molar-refractivity contribution < 1.29 is 5.11 Å². The molecule has 0 amide bonds. The van der Waals surface area contributed by atoms with Crippen molar-refractivity contribution in [1.29, 1.82) is 0 Å². The molecule has 0 unspecified atom stereocenters. The maximum absolute atomic E-state index is 9.24. The van der Waals surface area contributed by atoms with Crippen LogP contribution >= 0.6 is 23.2 Å². The van der Waals surface area contributed by atoms with Crippen molar-refractivity contribution >= 4 is 51.6 Å². The first-order valence-electron chi connectivity index (χ1n) is 5.39. The standard InChI is InChI=1S/C11H13Cl2N3OS/c1-11(2,5-17)4-14-8-6(12)3-7(13)9-10(8)16-18-15-9/h3,14,17H,4-5H2,1-2H3. The minimum absolute atomic E-state index is 0.0870. The second kappa shape index (κ2) is 5.17. The fourth-order valence-corrected chi connectivity index (χ4v) is 2.60. The van der Waals surface area contributed by atoms with Crippen molar-refractivity contribution in [2.45, 2.75) is 13.8 Å². The van der Waals surface area contributed by atoms with Crippen LogP contribution in [-0.4, -0.2) is 18.3 Å². The van der Waals surface area contributed by atoms with E-state index >= 15 is 0 Å². The smallest absolute Gasteiger partial charge is 0.130 e. The molecule has 1 aliphatic rings. The van der Waals surface area contributed by atoms with Gasteiger partial charge in [-0.25, -0.2) is 0 Å². The minimum atomic E-state index is -0.237. The van der Waals surface area contributed by atoms with Gasteiger partial charge in [-0.1, -0.05) is 37.0 Å². The summed E-state index contributed by atoms with van der Waals surface area (Å²) in [5.41, 5.74) is 1.80. The van der Waals surface area contributed by atoms with Crippen molar-refractivity contribution in [2.24, 2.45) is 14.1 Å². The average molecular weight is 306 g/mol. The van der Waals surface area contributed by atoms with Crippen LogP contribution in [0.25, 0.3) is 0 Å². The highest BCUT2D eigenvalue weighted by Gasteiger charge is 2.21. The van der Waals surface area contributed by atoms with Gasteiger partial charge in [0.25, 0.3) is 0 Å². The summed E-state index contributed by atoms with van der Waals surface area (Å²) >= 11 is 13.3. The Kier molecular flexibility index (Phi) is 3.96. The number of fused-ring (bicyclic) bond motifs is 1. The third-order valence-corrected chi connectivity index (χ3v) is 3.73. The summed E-state index contributed by atoms with van der Waals surface area (Å²) in [4.78, 5) is 0. The van der Waals surface area contributed by atoms with Crippen LogP contribution < -0.4 is 5.32 Å². The number of hydrogen-bond acceptors (Lipinski definition) is 4. The van der Waals surface area contributed by atoms with Crippen LogP contribution in [0, 0.1) is 5.41 Å². The van der Waals surface area contributed by atoms with Gasteiger partial charge in [0, 0.05) is 18.6 Å². The molecule has 0 fully saturated rings. The quantitative estimate of drug-likeness (QED) is 0.891. The van der Waals surface area contributed by atoms with Gasteiger partial charge >= 0.3 is 0 Å². The molecule has 0 spiro atoms. The molecule has 18 heavy (non-hydrogen) atoms. The van der Waals surface area contributed by atoms with Gasteiger partial charge in [-0.3, -0.25) is 0 Å². The Morgan fingerprint density at radius 1 is 1.28 bits per heavy atom. The molecule has 1 aromatic rings. The zero-order chi connectivity index (χ0) is 13.3. The summed E-state index contributed by atoms with van der Waals surface area (Å²) in [6.45, 7) is 4.59. The van der Waals surface area contributed by atoms with E-state index in [4.69, 9.17) is 23.2 Å². The zero-order valence-electron chi connectivity index (χ0n) is 10.00. The normalized spacial score (nSPS) is 13.4. The SMILES string of the molecule is CC(C)(CO)CNc1c(Cl)cc(Cl)c2c1N=S=N2. The summed E-state index contributed by atoms with van der Waals surface area (Å²) in [5, 5.41) is 13.5. The van der Waals surface area contributed by atoms with E-state index in [2.05, 4.69) is 14.0 Å². The first-order valence-corrected chi connectivity index (χ1v) is 6.88. The van der Waals surface area contributed by atoms with Crippen molar-refractivity contribution in [1.82, 2.24) is 0 Å². The lowest BCUT2D eigenvalue weighted by Gasteiger charge is -2.23. The monoisotopic (exact) mass is 305 g/mol. The summed E-state index contributed by atoms with van der Waals surface area (Å²) < 4.78 is 8.34. The van der Waals surface area contributed by atoms with Crippen LogP contribution in [0.2, 0.25) is 10.0 Å². The predicted octanol–water partition coefficient (Wildman–Crippen LogP) is 4.15. The number of anilines is 1. The van der Waals surface area contributed by atoms with Gasteiger partial charge in [0.1, 0.15) is 11.4 Å². The van der Waals surface area contributed by atoms with Gasteiger partial charge in [0.2, 0.25) is 0 Å². The fourth-order valence-electron chi connectivity index (χ4n) is 1.43. The molecule has 1 aromatic carbocycles. The molecular weight excluding hydrogens is 293 g/mol. The molecule has 98 valence electrons. The van der Waals surface area contributed by atoms with E-state index in [9.17, 15) is 5.11 Å². The average Bonchev–Trinajstić information content (AvgIpc) is 2.78. The van der Waals surface area contributed by atoms with Crippen LogP contribution in [-0.2, 0) is 11.4 Å². The third kappa shape index (κ3) is 2.69. The Labute approximate surface area is 119 Å². The minimum Gasteiger partial charge on any atom is -0.396 e. The Balaban J connectivity index is 2.30. The van der Waals surface area contributed by atoms with Crippen LogP contribution in [0.3, 0.4) is 0 Å². The van der Waals surface area contributed by atoms with Crippen molar-refractivity contribution in [3.63, 3.8) is 0 Å². The molecule has 4 nitrogen and oxygen atoms in total. The molecule has 2 rings (SSSR count). The number of hydrogen-bond donors (Lipinski definition) is 2. The predicted molar refractivity (Wildman–Crippen MR) is 77.4 cm³/mol. The number of nitrogens with one attached hydrogen (secondary N) is 1. The lowest BCUT2D eigenvalue weighted by atomic mass is 9.95. The molecule has 2 N–H and O–H groups in total. The van der Waals surface area contributed by atoms with Gasteiger partial charge in [-0.05, 0) is 6.07 Å². The van der Waals surface area contributed by atoms with E-state index in [-0.39, 0.29) is 12.0 Å². The highest BCUT2D eigenvalue weighted by Crippen LogP contribution is 2.47. The summed E-state index contributed by atoms with van der Waals surface area (Å²) in [6.07, 6.45) is 0. The second-order valence-electron chi connectivity index (χ2n) is 4.85. The lowest BCUT2D eigenvalue weighted by molar-refractivity contribution is 0.171. The fraction of sp³-hybridized carbons (Fsp3) is 0.455. The third-order valence-electron chi connectivity index (χ3n) is 2.62. The summed E-state index contributed by atoms with van der Waals surface area (Å²) in [6, 6.07) is 1.65.